The second kappa shape index (κ2) is 5.35. The highest BCUT2D eigenvalue weighted by Crippen LogP contribution is 2.15. The number of ether oxygens (including phenoxy) is 1. The second-order valence-electron chi connectivity index (χ2n) is 3.76. The second-order valence-corrected chi connectivity index (χ2v) is 3.76. The quantitative estimate of drug-likeness (QED) is 0.593. The summed E-state index contributed by atoms with van der Waals surface area (Å²) in [6.07, 6.45) is -3.57. The first-order chi connectivity index (χ1) is 7.85. The van der Waals surface area contributed by atoms with Crippen LogP contribution in [0, 0.1) is 13.8 Å². The van der Waals surface area contributed by atoms with Gasteiger partial charge in [-0.15, -0.1) is 0 Å². The highest BCUT2D eigenvalue weighted by Gasteiger charge is 2.27. The molecule has 1 aromatic rings. The van der Waals surface area contributed by atoms with Crippen molar-refractivity contribution in [2.24, 2.45) is 0 Å². The van der Waals surface area contributed by atoms with Crippen molar-refractivity contribution in [2.75, 3.05) is 13.2 Å². The Morgan fingerprint density at radius 3 is 2.53 bits per heavy atom. The number of aldehydes is 1. The van der Waals surface area contributed by atoms with Gasteiger partial charge in [-0.25, -0.2) is 0 Å². The number of nitrogens with zero attached hydrogens (tertiary/aromatic N) is 1. The van der Waals surface area contributed by atoms with E-state index in [2.05, 4.69) is 4.74 Å². The van der Waals surface area contributed by atoms with Crippen LogP contribution >= 0.6 is 0 Å². The Labute approximate surface area is 97.2 Å². The molecular formula is C11H14F3NO2. The van der Waals surface area contributed by atoms with Gasteiger partial charge >= 0.3 is 6.18 Å². The number of hydrogen-bond acceptors (Lipinski definition) is 2. The van der Waals surface area contributed by atoms with Gasteiger partial charge in [-0.05, 0) is 19.9 Å². The number of aromatic nitrogens is 1. The molecule has 0 aliphatic rings. The van der Waals surface area contributed by atoms with Crippen molar-refractivity contribution in [1.29, 1.82) is 0 Å². The summed E-state index contributed by atoms with van der Waals surface area (Å²) in [4.78, 5) is 10.7. The van der Waals surface area contributed by atoms with Gasteiger partial charge in [0.1, 0.15) is 6.61 Å². The van der Waals surface area contributed by atoms with E-state index in [9.17, 15) is 18.0 Å². The summed E-state index contributed by atoms with van der Waals surface area (Å²) in [6.45, 7) is 2.58. The minimum absolute atomic E-state index is 0.0336. The fourth-order valence-corrected chi connectivity index (χ4v) is 1.63. The zero-order valence-electron chi connectivity index (χ0n) is 9.67. The highest BCUT2D eigenvalue weighted by molar-refractivity contribution is 5.77. The van der Waals surface area contributed by atoms with E-state index in [0.717, 1.165) is 17.7 Å². The number of rotatable bonds is 5. The van der Waals surface area contributed by atoms with Gasteiger partial charge in [-0.3, -0.25) is 4.79 Å². The van der Waals surface area contributed by atoms with Crippen LogP contribution in [0.2, 0.25) is 0 Å². The smallest absolute Gasteiger partial charge is 0.370 e. The summed E-state index contributed by atoms with van der Waals surface area (Å²) in [5.74, 6) is 0. The van der Waals surface area contributed by atoms with Crippen LogP contribution < -0.4 is 0 Å². The molecular weight excluding hydrogens is 235 g/mol. The summed E-state index contributed by atoms with van der Waals surface area (Å²) in [7, 11) is 0. The summed E-state index contributed by atoms with van der Waals surface area (Å²) < 4.78 is 41.7. The minimum atomic E-state index is -4.30. The maximum Gasteiger partial charge on any atom is 0.411 e. The average molecular weight is 249 g/mol. The average Bonchev–Trinajstić information content (AvgIpc) is 2.48. The maximum atomic E-state index is 11.8. The van der Waals surface area contributed by atoms with E-state index in [0.29, 0.717) is 12.1 Å². The Bertz CT molecular complexity index is 396. The Morgan fingerprint density at radius 1 is 1.41 bits per heavy atom. The molecule has 6 heteroatoms. The molecule has 1 heterocycles. The third-order valence-corrected chi connectivity index (χ3v) is 2.46. The topological polar surface area (TPSA) is 31.2 Å². The number of alkyl halides is 3. The fraction of sp³-hybridized carbons (Fsp3) is 0.545. The van der Waals surface area contributed by atoms with Gasteiger partial charge in [0.05, 0.1) is 6.61 Å². The third kappa shape index (κ3) is 3.89. The van der Waals surface area contributed by atoms with E-state index in [1.54, 1.807) is 24.5 Å². The molecule has 0 fully saturated rings. The van der Waals surface area contributed by atoms with Crippen molar-refractivity contribution in [2.45, 2.75) is 26.6 Å². The van der Waals surface area contributed by atoms with E-state index < -0.39 is 12.8 Å². The Hall–Kier alpha value is -1.30. The molecule has 0 bridgehead atoms. The van der Waals surface area contributed by atoms with Crippen molar-refractivity contribution in [3.8, 4) is 0 Å². The molecule has 0 saturated carbocycles. The summed E-state index contributed by atoms with van der Waals surface area (Å²) in [5, 5.41) is 0. The van der Waals surface area contributed by atoms with Gasteiger partial charge in [0.25, 0.3) is 0 Å². The lowest BCUT2D eigenvalue weighted by atomic mass is 10.3. The van der Waals surface area contributed by atoms with Gasteiger partial charge in [-0.1, -0.05) is 0 Å². The molecule has 0 radical (unpaired) electrons. The predicted molar refractivity (Wildman–Crippen MR) is 56.2 cm³/mol. The molecule has 0 atom stereocenters. The molecule has 0 spiro atoms. The Kier molecular flexibility index (Phi) is 4.34. The normalized spacial score (nSPS) is 11.8. The number of aryl methyl sites for hydroxylation is 1. The number of halogens is 3. The van der Waals surface area contributed by atoms with Crippen LogP contribution in [0.1, 0.15) is 21.7 Å². The van der Waals surface area contributed by atoms with Crippen LogP contribution in [0.15, 0.2) is 6.07 Å². The van der Waals surface area contributed by atoms with E-state index >= 15 is 0 Å². The number of carbonyl (C=O) groups excluding carboxylic acids is 1. The maximum absolute atomic E-state index is 11.8. The first-order valence-electron chi connectivity index (χ1n) is 5.11. The lowest BCUT2D eigenvalue weighted by molar-refractivity contribution is -0.174. The van der Waals surface area contributed by atoms with Crippen LogP contribution in [0.4, 0.5) is 13.2 Å². The van der Waals surface area contributed by atoms with Gasteiger partial charge in [0.2, 0.25) is 0 Å². The van der Waals surface area contributed by atoms with Crippen molar-refractivity contribution in [1.82, 2.24) is 4.57 Å². The number of hydrogen-bond donors (Lipinski definition) is 0. The molecule has 96 valence electrons. The first-order valence-corrected chi connectivity index (χ1v) is 5.11. The van der Waals surface area contributed by atoms with Crippen LogP contribution in [-0.2, 0) is 11.3 Å². The Morgan fingerprint density at radius 2 is 2.06 bits per heavy atom. The molecule has 0 aromatic carbocycles. The molecule has 1 rings (SSSR count). The zero-order chi connectivity index (χ0) is 13.1. The van der Waals surface area contributed by atoms with Crippen molar-refractivity contribution >= 4 is 6.29 Å². The van der Waals surface area contributed by atoms with Gasteiger partial charge in [0, 0.05) is 23.5 Å². The van der Waals surface area contributed by atoms with Gasteiger partial charge < -0.3 is 9.30 Å². The van der Waals surface area contributed by atoms with Crippen molar-refractivity contribution in [3.05, 3.63) is 23.0 Å². The van der Waals surface area contributed by atoms with Gasteiger partial charge in [-0.2, -0.15) is 13.2 Å². The van der Waals surface area contributed by atoms with Crippen LogP contribution in [0.25, 0.3) is 0 Å². The first kappa shape index (κ1) is 13.8. The van der Waals surface area contributed by atoms with Gasteiger partial charge in [0.15, 0.2) is 6.29 Å². The lowest BCUT2D eigenvalue weighted by Crippen LogP contribution is -2.19. The van der Waals surface area contributed by atoms with E-state index in [4.69, 9.17) is 0 Å². The molecule has 0 amide bonds. The van der Waals surface area contributed by atoms with Crippen LogP contribution in [0.5, 0.6) is 0 Å². The van der Waals surface area contributed by atoms with Crippen molar-refractivity contribution < 1.29 is 22.7 Å². The molecule has 0 aliphatic heterocycles. The lowest BCUT2D eigenvalue weighted by Gasteiger charge is -2.11. The molecule has 0 aliphatic carbocycles. The summed E-state index contributed by atoms with van der Waals surface area (Å²) in [5.41, 5.74) is 2.13. The predicted octanol–water partition coefficient (Wildman–Crippen LogP) is 2.50. The minimum Gasteiger partial charge on any atom is -0.370 e. The standard InChI is InChI=1S/C11H14F3NO2/c1-8-5-10(6-16)9(2)15(8)3-4-17-7-11(12,13)14/h5-6H,3-4,7H2,1-2H3. The summed E-state index contributed by atoms with van der Waals surface area (Å²) in [6, 6.07) is 1.70. The van der Waals surface area contributed by atoms with E-state index in [1.165, 1.54) is 0 Å². The third-order valence-electron chi connectivity index (χ3n) is 2.46. The largest absolute Gasteiger partial charge is 0.411 e. The Balaban J connectivity index is 2.52. The summed E-state index contributed by atoms with van der Waals surface area (Å²) >= 11 is 0. The molecule has 0 unspecified atom stereocenters. The SMILES string of the molecule is Cc1cc(C=O)c(C)n1CCOCC(F)(F)F. The fourth-order valence-electron chi connectivity index (χ4n) is 1.63. The van der Waals surface area contributed by atoms with Crippen LogP contribution in [-0.4, -0.2) is 30.2 Å². The van der Waals surface area contributed by atoms with Crippen LogP contribution in [0.3, 0.4) is 0 Å². The molecule has 17 heavy (non-hydrogen) atoms. The molecule has 1 aromatic heterocycles. The zero-order valence-corrected chi connectivity index (χ0v) is 9.67. The molecule has 0 saturated heterocycles. The number of carbonyl (C=O) groups is 1. The van der Waals surface area contributed by atoms with E-state index in [1.807, 2.05) is 0 Å². The highest BCUT2D eigenvalue weighted by atomic mass is 19.4. The monoisotopic (exact) mass is 249 g/mol. The van der Waals surface area contributed by atoms with E-state index in [-0.39, 0.29) is 6.61 Å². The molecule has 0 N–H and O–H groups in total. The van der Waals surface area contributed by atoms with Crippen molar-refractivity contribution in [3.63, 3.8) is 0 Å². The molecule has 3 nitrogen and oxygen atoms in total.